The second kappa shape index (κ2) is 13.4. The molecule has 39 heavy (non-hydrogen) atoms. The number of benzene rings is 3. The number of nitrogens with one attached hydrogen (secondary N) is 1. The number of para-hydroxylation sites is 1. The van der Waals surface area contributed by atoms with Gasteiger partial charge in [-0.15, -0.1) is 0 Å². The van der Waals surface area contributed by atoms with E-state index in [0.29, 0.717) is 6.42 Å². The molecule has 2 atom stereocenters. The normalized spacial score (nSPS) is 12.8. The number of sulfonamides is 1. The van der Waals surface area contributed by atoms with Gasteiger partial charge in [-0.05, 0) is 68.7 Å². The Balaban J connectivity index is 2.02. The second-order valence-electron chi connectivity index (χ2n) is 9.55. The highest BCUT2D eigenvalue weighted by Gasteiger charge is 2.33. The zero-order chi connectivity index (χ0) is 28.6. The number of carbonyl (C=O) groups is 2. The van der Waals surface area contributed by atoms with Gasteiger partial charge in [0.15, 0.2) is 0 Å². The molecule has 0 saturated carbocycles. The Hall–Kier alpha value is -3.72. The Labute approximate surface area is 230 Å². The fourth-order valence-electron chi connectivity index (χ4n) is 4.11. The SMILES string of the molecule is CC[C@@H](C)NC(=O)[C@H](CC)N(Cc1ccc(C)cc1)C(=O)CN(c1ccccc1)S(=O)(=O)c1ccc(F)cc1. The highest BCUT2D eigenvalue weighted by atomic mass is 32.2. The molecule has 0 aliphatic heterocycles. The van der Waals surface area contributed by atoms with E-state index in [1.807, 2.05) is 52.0 Å². The summed E-state index contributed by atoms with van der Waals surface area (Å²) in [6, 6.07) is 19.5. The first-order valence-electron chi connectivity index (χ1n) is 13.1. The molecule has 1 N–H and O–H groups in total. The zero-order valence-electron chi connectivity index (χ0n) is 22.8. The minimum absolute atomic E-state index is 0.0810. The van der Waals surface area contributed by atoms with Gasteiger partial charge in [0, 0.05) is 12.6 Å². The zero-order valence-corrected chi connectivity index (χ0v) is 23.6. The molecule has 3 aromatic carbocycles. The number of aryl methyl sites for hydroxylation is 1. The third kappa shape index (κ3) is 7.66. The van der Waals surface area contributed by atoms with Crippen molar-refractivity contribution in [1.82, 2.24) is 10.2 Å². The lowest BCUT2D eigenvalue weighted by Gasteiger charge is -2.33. The number of halogens is 1. The average molecular weight is 554 g/mol. The van der Waals surface area contributed by atoms with Crippen LogP contribution in [0.5, 0.6) is 0 Å². The summed E-state index contributed by atoms with van der Waals surface area (Å²) in [5, 5.41) is 2.96. The molecule has 2 amide bonds. The maximum atomic E-state index is 14.0. The van der Waals surface area contributed by atoms with Gasteiger partial charge in [0.2, 0.25) is 11.8 Å². The van der Waals surface area contributed by atoms with Crippen LogP contribution in [-0.4, -0.2) is 43.8 Å². The summed E-state index contributed by atoms with van der Waals surface area (Å²) in [6.45, 7) is 7.22. The Morgan fingerprint density at radius 2 is 1.51 bits per heavy atom. The second-order valence-corrected chi connectivity index (χ2v) is 11.4. The minimum atomic E-state index is -4.23. The molecule has 0 aliphatic rings. The van der Waals surface area contributed by atoms with E-state index >= 15 is 0 Å². The molecule has 0 fully saturated rings. The van der Waals surface area contributed by atoms with Gasteiger partial charge in [-0.1, -0.05) is 61.9 Å². The predicted molar refractivity (Wildman–Crippen MR) is 151 cm³/mol. The summed E-state index contributed by atoms with van der Waals surface area (Å²) in [5.74, 6) is -1.39. The quantitative estimate of drug-likeness (QED) is 0.340. The largest absolute Gasteiger partial charge is 0.352 e. The van der Waals surface area contributed by atoms with E-state index in [2.05, 4.69) is 5.32 Å². The van der Waals surface area contributed by atoms with Crippen LogP contribution in [0.4, 0.5) is 10.1 Å². The van der Waals surface area contributed by atoms with E-state index in [0.717, 1.165) is 34.0 Å². The number of nitrogens with zero attached hydrogens (tertiary/aromatic N) is 2. The van der Waals surface area contributed by atoms with Crippen LogP contribution in [0.2, 0.25) is 0 Å². The van der Waals surface area contributed by atoms with Gasteiger partial charge in [-0.25, -0.2) is 12.8 Å². The van der Waals surface area contributed by atoms with Gasteiger partial charge < -0.3 is 10.2 Å². The molecular formula is C30H36FN3O4S. The third-order valence-electron chi connectivity index (χ3n) is 6.59. The lowest BCUT2D eigenvalue weighted by Crippen LogP contribution is -2.53. The fraction of sp³-hybridized carbons (Fsp3) is 0.333. The number of hydrogen-bond acceptors (Lipinski definition) is 4. The van der Waals surface area contributed by atoms with Crippen LogP contribution in [-0.2, 0) is 26.2 Å². The summed E-state index contributed by atoms with van der Waals surface area (Å²) in [7, 11) is -4.23. The van der Waals surface area contributed by atoms with Crippen LogP contribution in [0.25, 0.3) is 0 Å². The molecule has 0 bridgehead atoms. The van der Waals surface area contributed by atoms with E-state index in [4.69, 9.17) is 0 Å². The maximum Gasteiger partial charge on any atom is 0.264 e. The van der Waals surface area contributed by atoms with Gasteiger partial charge in [0.1, 0.15) is 18.4 Å². The van der Waals surface area contributed by atoms with E-state index in [9.17, 15) is 22.4 Å². The molecule has 0 saturated heterocycles. The molecule has 0 aliphatic carbocycles. The van der Waals surface area contributed by atoms with E-state index < -0.39 is 34.3 Å². The number of rotatable bonds is 12. The molecular weight excluding hydrogens is 517 g/mol. The molecule has 3 aromatic rings. The van der Waals surface area contributed by atoms with Crippen LogP contribution >= 0.6 is 0 Å². The van der Waals surface area contributed by atoms with Crippen molar-refractivity contribution < 1.29 is 22.4 Å². The van der Waals surface area contributed by atoms with Crippen molar-refractivity contribution in [2.75, 3.05) is 10.8 Å². The Bertz CT molecular complexity index is 1350. The number of anilines is 1. The van der Waals surface area contributed by atoms with Crippen LogP contribution in [0.15, 0.2) is 83.8 Å². The smallest absolute Gasteiger partial charge is 0.264 e. The molecule has 7 nitrogen and oxygen atoms in total. The first kappa shape index (κ1) is 29.8. The average Bonchev–Trinajstić information content (AvgIpc) is 2.93. The summed E-state index contributed by atoms with van der Waals surface area (Å²) in [4.78, 5) is 28.5. The molecule has 0 aromatic heterocycles. The number of carbonyl (C=O) groups excluding carboxylic acids is 2. The van der Waals surface area contributed by atoms with Crippen molar-refractivity contribution in [3.05, 3.63) is 95.8 Å². The highest BCUT2D eigenvalue weighted by molar-refractivity contribution is 7.92. The van der Waals surface area contributed by atoms with Crippen molar-refractivity contribution in [1.29, 1.82) is 0 Å². The van der Waals surface area contributed by atoms with Crippen molar-refractivity contribution in [2.24, 2.45) is 0 Å². The van der Waals surface area contributed by atoms with Crippen LogP contribution in [0.1, 0.15) is 44.7 Å². The third-order valence-corrected chi connectivity index (χ3v) is 8.37. The predicted octanol–water partition coefficient (Wildman–Crippen LogP) is 5.05. The Kier molecular flexibility index (Phi) is 10.2. The first-order chi connectivity index (χ1) is 18.6. The van der Waals surface area contributed by atoms with Gasteiger partial charge in [-0.3, -0.25) is 13.9 Å². The molecule has 0 unspecified atom stereocenters. The van der Waals surface area contributed by atoms with E-state index in [-0.39, 0.29) is 29.1 Å². The maximum absolute atomic E-state index is 14.0. The van der Waals surface area contributed by atoms with Crippen molar-refractivity contribution in [3.8, 4) is 0 Å². The van der Waals surface area contributed by atoms with Gasteiger partial charge >= 0.3 is 0 Å². The Morgan fingerprint density at radius 3 is 2.08 bits per heavy atom. The highest BCUT2D eigenvalue weighted by Crippen LogP contribution is 2.25. The van der Waals surface area contributed by atoms with Crippen molar-refractivity contribution >= 4 is 27.5 Å². The van der Waals surface area contributed by atoms with Crippen LogP contribution in [0.3, 0.4) is 0 Å². The molecule has 0 radical (unpaired) electrons. The minimum Gasteiger partial charge on any atom is -0.352 e. The standard InChI is InChI=1S/C30H36FN3O4S/c1-5-23(4)32-30(36)28(6-2)33(20-24-14-12-22(3)13-15-24)29(35)21-34(26-10-8-7-9-11-26)39(37,38)27-18-16-25(31)17-19-27/h7-19,23,28H,5-6,20-21H2,1-4H3,(H,32,36)/t23-,28+/m1/s1. The van der Waals surface area contributed by atoms with E-state index in [1.165, 1.54) is 17.0 Å². The fourth-order valence-corrected chi connectivity index (χ4v) is 5.52. The van der Waals surface area contributed by atoms with Gasteiger partial charge in [-0.2, -0.15) is 0 Å². The monoisotopic (exact) mass is 553 g/mol. The topological polar surface area (TPSA) is 86.8 Å². The molecule has 208 valence electrons. The summed E-state index contributed by atoms with van der Waals surface area (Å²) in [5.41, 5.74) is 2.15. The molecule has 3 rings (SSSR count). The lowest BCUT2D eigenvalue weighted by atomic mass is 10.1. The summed E-state index contributed by atoms with van der Waals surface area (Å²) >= 11 is 0. The van der Waals surface area contributed by atoms with Crippen LogP contribution in [0, 0.1) is 12.7 Å². The van der Waals surface area contributed by atoms with Gasteiger partial charge in [0.25, 0.3) is 10.0 Å². The summed E-state index contributed by atoms with van der Waals surface area (Å²) < 4.78 is 42.0. The molecule has 9 heteroatoms. The van der Waals surface area contributed by atoms with Gasteiger partial charge in [0.05, 0.1) is 10.6 Å². The van der Waals surface area contributed by atoms with Crippen molar-refractivity contribution in [3.63, 3.8) is 0 Å². The van der Waals surface area contributed by atoms with E-state index in [1.54, 1.807) is 30.3 Å². The van der Waals surface area contributed by atoms with Crippen molar-refractivity contribution in [2.45, 2.75) is 64.1 Å². The summed E-state index contributed by atoms with van der Waals surface area (Å²) in [6.07, 6.45) is 1.07. The lowest BCUT2D eigenvalue weighted by molar-refractivity contribution is -0.140. The van der Waals surface area contributed by atoms with Crippen LogP contribution < -0.4 is 9.62 Å². The number of hydrogen-bond donors (Lipinski definition) is 1. The first-order valence-corrected chi connectivity index (χ1v) is 14.5. The molecule has 0 spiro atoms. The Morgan fingerprint density at radius 1 is 0.897 bits per heavy atom. The molecule has 0 heterocycles. The number of amides is 2.